The van der Waals surface area contributed by atoms with Crippen LogP contribution in [0.2, 0.25) is 5.02 Å². The Morgan fingerprint density at radius 2 is 2.03 bits per heavy atom. The van der Waals surface area contributed by atoms with E-state index in [0.717, 1.165) is 11.6 Å². The molecule has 0 aliphatic heterocycles. The third kappa shape index (κ3) is 7.63. The number of rotatable bonds is 9. The van der Waals surface area contributed by atoms with E-state index in [4.69, 9.17) is 21.1 Å². The normalized spacial score (nSPS) is 10.6. The van der Waals surface area contributed by atoms with Crippen LogP contribution < -0.4 is 10.1 Å². The molecule has 0 heterocycles. The van der Waals surface area contributed by atoms with Crippen LogP contribution in [0.1, 0.15) is 11.1 Å². The predicted molar refractivity (Wildman–Crippen MR) is 108 cm³/mol. The highest BCUT2D eigenvalue weighted by molar-refractivity contribution is 6.32. The van der Waals surface area contributed by atoms with Crippen LogP contribution in [0, 0.1) is 17.0 Å². The Kier molecular flexibility index (Phi) is 8.17. The van der Waals surface area contributed by atoms with Crippen molar-refractivity contribution in [3.63, 3.8) is 0 Å². The first kappa shape index (κ1) is 21.9. The number of nitro groups is 1. The van der Waals surface area contributed by atoms with Gasteiger partial charge in [0, 0.05) is 12.1 Å². The molecular weight excluding hydrogens is 400 g/mol. The molecule has 0 fully saturated rings. The Bertz CT molecular complexity index is 929. The molecular formula is C20H19ClN2O6. The number of aryl methyl sites for hydroxylation is 1. The lowest BCUT2D eigenvalue weighted by Crippen LogP contribution is -2.31. The Morgan fingerprint density at radius 1 is 1.24 bits per heavy atom. The molecule has 2 aromatic rings. The maximum Gasteiger partial charge on any atom is 0.331 e. The monoisotopic (exact) mass is 418 g/mol. The first-order valence-corrected chi connectivity index (χ1v) is 8.98. The van der Waals surface area contributed by atoms with Gasteiger partial charge in [-0.2, -0.15) is 0 Å². The third-order valence-electron chi connectivity index (χ3n) is 3.61. The first-order valence-electron chi connectivity index (χ1n) is 8.60. The highest BCUT2D eigenvalue weighted by atomic mass is 35.5. The van der Waals surface area contributed by atoms with Gasteiger partial charge in [0.25, 0.3) is 11.6 Å². The molecule has 0 radical (unpaired) electrons. The molecule has 1 N–H and O–H groups in total. The fourth-order valence-corrected chi connectivity index (χ4v) is 2.42. The fourth-order valence-electron chi connectivity index (χ4n) is 2.24. The quantitative estimate of drug-likeness (QED) is 0.220. The Labute approximate surface area is 172 Å². The fraction of sp³-hybridized carbons (Fsp3) is 0.200. The van der Waals surface area contributed by atoms with Gasteiger partial charge in [-0.1, -0.05) is 29.8 Å². The zero-order valence-electron chi connectivity index (χ0n) is 15.6. The van der Waals surface area contributed by atoms with Gasteiger partial charge in [-0.15, -0.1) is 0 Å². The molecule has 0 aliphatic carbocycles. The number of nitro benzene ring substituents is 1. The number of ether oxygens (including phenoxy) is 2. The zero-order valence-corrected chi connectivity index (χ0v) is 16.3. The third-order valence-corrected chi connectivity index (χ3v) is 3.93. The number of halogens is 1. The van der Waals surface area contributed by atoms with Crippen LogP contribution in [0.5, 0.6) is 5.75 Å². The largest absolute Gasteiger partial charge is 0.492 e. The molecule has 29 heavy (non-hydrogen) atoms. The van der Waals surface area contributed by atoms with Crippen molar-refractivity contribution in [1.82, 2.24) is 5.32 Å². The average molecular weight is 419 g/mol. The molecule has 9 heteroatoms. The van der Waals surface area contributed by atoms with Gasteiger partial charge in [-0.25, -0.2) is 4.79 Å². The van der Waals surface area contributed by atoms with Crippen LogP contribution in [-0.2, 0) is 14.3 Å². The van der Waals surface area contributed by atoms with Crippen molar-refractivity contribution in [2.24, 2.45) is 0 Å². The summed E-state index contributed by atoms with van der Waals surface area (Å²) in [7, 11) is 0. The number of benzene rings is 2. The van der Waals surface area contributed by atoms with Gasteiger partial charge in [0.15, 0.2) is 6.61 Å². The minimum atomic E-state index is -0.756. The highest BCUT2D eigenvalue weighted by Crippen LogP contribution is 2.25. The van der Waals surface area contributed by atoms with E-state index in [1.54, 1.807) is 0 Å². The van der Waals surface area contributed by atoms with E-state index in [1.165, 1.54) is 24.3 Å². The van der Waals surface area contributed by atoms with E-state index in [2.05, 4.69) is 5.32 Å². The van der Waals surface area contributed by atoms with Crippen LogP contribution in [-0.4, -0.2) is 36.6 Å². The molecule has 0 saturated heterocycles. The molecule has 2 rings (SSSR count). The van der Waals surface area contributed by atoms with E-state index in [9.17, 15) is 19.7 Å². The molecule has 2 aromatic carbocycles. The molecule has 0 saturated carbocycles. The second kappa shape index (κ2) is 10.8. The number of amides is 1. The van der Waals surface area contributed by atoms with Crippen molar-refractivity contribution >= 4 is 35.2 Å². The van der Waals surface area contributed by atoms with Crippen LogP contribution in [0.4, 0.5) is 5.69 Å². The average Bonchev–Trinajstić information content (AvgIpc) is 2.69. The van der Waals surface area contributed by atoms with Crippen molar-refractivity contribution in [3.8, 4) is 5.75 Å². The maximum absolute atomic E-state index is 11.7. The van der Waals surface area contributed by atoms with Crippen LogP contribution >= 0.6 is 11.6 Å². The summed E-state index contributed by atoms with van der Waals surface area (Å²) < 4.78 is 10.3. The topological polar surface area (TPSA) is 108 Å². The smallest absolute Gasteiger partial charge is 0.331 e. The van der Waals surface area contributed by atoms with E-state index in [1.807, 2.05) is 31.2 Å². The minimum absolute atomic E-state index is 0.00206. The number of carbonyl (C=O) groups excluding carboxylic acids is 2. The Balaban J connectivity index is 1.70. The Morgan fingerprint density at radius 3 is 2.76 bits per heavy atom. The van der Waals surface area contributed by atoms with Gasteiger partial charge < -0.3 is 14.8 Å². The van der Waals surface area contributed by atoms with Gasteiger partial charge in [0.05, 0.1) is 11.5 Å². The number of nitrogens with zero attached hydrogens (tertiary/aromatic N) is 1. The Hall–Kier alpha value is -3.39. The van der Waals surface area contributed by atoms with Crippen LogP contribution in [0.3, 0.4) is 0 Å². The number of nitrogens with one attached hydrogen (secondary N) is 1. The van der Waals surface area contributed by atoms with Gasteiger partial charge in [-0.3, -0.25) is 14.9 Å². The summed E-state index contributed by atoms with van der Waals surface area (Å²) in [6, 6.07) is 11.6. The van der Waals surface area contributed by atoms with Gasteiger partial charge in [0.1, 0.15) is 17.4 Å². The molecule has 0 spiro atoms. The summed E-state index contributed by atoms with van der Waals surface area (Å²) >= 11 is 5.72. The van der Waals surface area contributed by atoms with Crippen LogP contribution in [0.25, 0.3) is 6.08 Å². The summed E-state index contributed by atoms with van der Waals surface area (Å²) in [5.74, 6) is -0.520. The lowest BCUT2D eigenvalue weighted by atomic mass is 10.2. The molecule has 0 unspecified atom stereocenters. The van der Waals surface area contributed by atoms with Crippen LogP contribution in [0.15, 0.2) is 48.5 Å². The number of hydrogen-bond acceptors (Lipinski definition) is 6. The van der Waals surface area contributed by atoms with E-state index >= 15 is 0 Å². The zero-order chi connectivity index (χ0) is 21.2. The lowest BCUT2D eigenvalue weighted by Gasteiger charge is -2.08. The molecule has 152 valence electrons. The van der Waals surface area contributed by atoms with Gasteiger partial charge in [0.2, 0.25) is 0 Å². The SMILES string of the molecule is Cc1cccc(OCCNC(=O)COC(=O)/C=C/c2ccc(Cl)c([N+](=O)[O-])c2)c1. The molecule has 0 aromatic heterocycles. The van der Waals surface area contributed by atoms with Crippen molar-refractivity contribution < 1.29 is 24.0 Å². The molecule has 0 bridgehead atoms. The maximum atomic E-state index is 11.7. The summed E-state index contributed by atoms with van der Waals surface area (Å²) in [6.45, 7) is 2.03. The lowest BCUT2D eigenvalue weighted by molar-refractivity contribution is -0.384. The van der Waals surface area contributed by atoms with Gasteiger partial charge >= 0.3 is 5.97 Å². The summed E-state index contributed by atoms with van der Waals surface area (Å²) in [4.78, 5) is 33.6. The molecule has 8 nitrogen and oxygen atoms in total. The van der Waals surface area contributed by atoms with E-state index < -0.39 is 23.4 Å². The minimum Gasteiger partial charge on any atom is -0.492 e. The second-order valence-electron chi connectivity index (χ2n) is 5.92. The van der Waals surface area contributed by atoms with E-state index in [0.29, 0.717) is 11.3 Å². The van der Waals surface area contributed by atoms with Gasteiger partial charge in [-0.05, 0) is 42.3 Å². The number of hydrogen-bond donors (Lipinski definition) is 1. The van der Waals surface area contributed by atoms with E-state index in [-0.39, 0.29) is 23.9 Å². The predicted octanol–water partition coefficient (Wildman–Crippen LogP) is 3.31. The van der Waals surface area contributed by atoms with Crippen molar-refractivity contribution in [2.45, 2.75) is 6.92 Å². The summed E-state index contributed by atoms with van der Waals surface area (Å²) in [5.41, 5.74) is 1.20. The molecule has 1 amide bonds. The standard InChI is InChI=1S/C20H19ClN2O6/c1-14-3-2-4-16(11-14)28-10-9-22-19(24)13-29-20(25)8-6-15-5-7-17(21)18(12-15)23(26)27/h2-8,11-12H,9-10,13H2,1H3,(H,22,24)/b8-6+. The summed E-state index contributed by atoms with van der Waals surface area (Å²) in [6.07, 6.45) is 2.40. The van der Waals surface area contributed by atoms with Crippen molar-refractivity contribution in [3.05, 3.63) is 74.8 Å². The number of carbonyl (C=O) groups is 2. The highest BCUT2D eigenvalue weighted by Gasteiger charge is 2.12. The number of esters is 1. The van der Waals surface area contributed by atoms with Crippen molar-refractivity contribution in [2.75, 3.05) is 19.8 Å². The second-order valence-corrected chi connectivity index (χ2v) is 6.33. The molecule has 0 atom stereocenters. The summed E-state index contributed by atoms with van der Waals surface area (Å²) in [5, 5.41) is 13.4. The van der Waals surface area contributed by atoms with Crippen molar-refractivity contribution in [1.29, 1.82) is 0 Å². The first-order chi connectivity index (χ1) is 13.8. The molecule has 0 aliphatic rings.